The van der Waals surface area contributed by atoms with E-state index in [-0.39, 0.29) is 54.0 Å². The molecule has 0 radical (unpaired) electrons. The van der Waals surface area contributed by atoms with Crippen LogP contribution in [-0.4, -0.2) is 126 Å². The Hall–Kier alpha value is -5.27. The van der Waals surface area contributed by atoms with Gasteiger partial charge in [-0.05, 0) is 48.7 Å². The van der Waals surface area contributed by atoms with E-state index in [4.69, 9.17) is 9.47 Å². The van der Waals surface area contributed by atoms with Gasteiger partial charge in [-0.3, -0.25) is 29.9 Å². The number of aliphatic hydroxyl groups excluding tert-OH is 1. The van der Waals surface area contributed by atoms with Crippen molar-refractivity contribution >= 4 is 47.2 Å². The molecule has 3 fully saturated rings. The number of rotatable bonds is 12. The van der Waals surface area contributed by atoms with Crippen LogP contribution in [0.4, 0.5) is 21.0 Å². The molecule has 19 heteroatoms. The molecule has 2 N–H and O–H groups in total. The van der Waals surface area contributed by atoms with Gasteiger partial charge in [0.25, 0.3) is 11.4 Å². The maximum Gasteiger partial charge on any atom is 0.410 e. The SMILES string of the molecule is C[C@@H](O)[C@H]1C(=O)N2C(C(=O)O)=C(S[C@H]3C[C@@H](CN4CCN(C(=O)OCc5ccc([N+](=O)[O-])cc5)CC4)N(C(=O)OCc4ccc([N+](=O)[O-])cc4)C3)[C@H](C)[C@H]12. The number of amides is 3. The minimum atomic E-state index is -1.23. The third kappa shape index (κ3) is 7.97. The van der Waals surface area contributed by atoms with Crippen LogP contribution in [0.3, 0.4) is 0 Å². The minimum Gasteiger partial charge on any atom is -0.477 e. The predicted molar refractivity (Wildman–Crippen MR) is 191 cm³/mol. The highest BCUT2D eigenvalue weighted by atomic mass is 32.2. The van der Waals surface area contributed by atoms with Gasteiger partial charge in [0.1, 0.15) is 18.9 Å². The van der Waals surface area contributed by atoms with Crippen molar-refractivity contribution in [3.05, 3.63) is 90.5 Å². The lowest BCUT2D eigenvalue weighted by atomic mass is 9.79. The number of nitro groups is 2. The monoisotopic (exact) mass is 768 g/mol. The van der Waals surface area contributed by atoms with E-state index >= 15 is 0 Å². The Morgan fingerprint density at radius 1 is 0.907 bits per heavy atom. The second-order valence-corrected chi connectivity index (χ2v) is 15.1. The summed E-state index contributed by atoms with van der Waals surface area (Å²) >= 11 is 1.33. The van der Waals surface area contributed by atoms with E-state index in [0.717, 1.165) is 0 Å². The maximum absolute atomic E-state index is 13.6. The largest absolute Gasteiger partial charge is 0.477 e. The van der Waals surface area contributed by atoms with Gasteiger partial charge >= 0.3 is 18.2 Å². The molecule has 0 spiro atoms. The number of fused-ring (bicyclic) bond motifs is 1. The number of non-ortho nitro benzene ring substituents is 2. The Balaban J connectivity index is 1.10. The lowest BCUT2D eigenvalue weighted by Crippen LogP contribution is -2.63. The molecule has 2 aromatic rings. The first kappa shape index (κ1) is 38.5. The average Bonchev–Trinajstić information content (AvgIpc) is 3.65. The van der Waals surface area contributed by atoms with E-state index in [9.17, 15) is 49.6 Å². The zero-order valence-electron chi connectivity index (χ0n) is 29.5. The maximum atomic E-state index is 13.6. The van der Waals surface area contributed by atoms with Crippen LogP contribution in [0.5, 0.6) is 0 Å². The lowest BCUT2D eigenvalue weighted by Gasteiger charge is -2.46. The van der Waals surface area contributed by atoms with Crippen molar-refractivity contribution in [3.8, 4) is 0 Å². The van der Waals surface area contributed by atoms with Crippen LogP contribution in [0, 0.1) is 32.1 Å². The third-order valence-electron chi connectivity index (χ3n) is 10.3. The molecule has 0 aromatic heterocycles. The summed E-state index contributed by atoms with van der Waals surface area (Å²) in [6.07, 6.45) is -1.57. The molecular weight excluding hydrogens is 728 g/mol. The second-order valence-electron chi connectivity index (χ2n) is 13.8. The van der Waals surface area contributed by atoms with Gasteiger partial charge in [-0.15, -0.1) is 11.8 Å². The number of thioether (sulfide) groups is 1. The molecule has 3 amide bonds. The number of nitrogens with zero attached hydrogens (tertiary/aromatic N) is 6. The number of aliphatic carboxylic acids is 1. The van der Waals surface area contributed by atoms with Gasteiger partial charge in [0, 0.05) is 85.6 Å². The van der Waals surface area contributed by atoms with Gasteiger partial charge < -0.3 is 34.4 Å². The van der Waals surface area contributed by atoms with Gasteiger partial charge in [-0.1, -0.05) is 6.92 Å². The summed E-state index contributed by atoms with van der Waals surface area (Å²) in [5, 5.41) is 42.1. The number of carboxylic acid groups (broad SMARTS) is 1. The first-order chi connectivity index (χ1) is 25.7. The zero-order valence-corrected chi connectivity index (χ0v) is 30.3. The third-order valence-corrected chi connectivity index (χ3v) is 11.8. The van der Waals surface area contributed by atoms with Crippen molar-refractivity contribution in [1.82, 2.24) is 19.6 Å². The number of hydrogen-bond acceptors (Lipinski definition) is 13. The molecule has 6 atom stereocenters. The van der Waals surface area contributed by atoms with Gasteiger partial charge in [-0.2, -0.15) is 0 Å². The summed E-state index contributed by atoms with van der Waals surface area (Å²) in [5.74, 6) is -2.70. The topological polar surface area (TPSA) is 226 Å². The molecule has 4 heterocycles. The van der Waals surface area contributed by atoms with E-state index in [1.54, 1.807) is 9.80 Å². The molecule has 2 aromatic carbocycles. The molecule has 6 rings (SSSR count). The van der Waals surface area contributed by atoms with E-state index < -0.39 is 52.0 Å². The van der Waals surface area contributed by atoms with Crippen LogP contribution in [0.15, 0.2) is 59.1 Å². The van der Waals surface area contributed by atoms with Crippen LogP contribution in [0.1, 0.15) is 31.4 Å². The van der Waals surface area contributed by atoms with Crippen LogP contribution >= 0.6 is 11.8 Å². The standard InChI is InChI=1S/C35H40N6O12S/c1-20-29-28(21(2)42)32(43)39(29)30(33(44)45)31(20)54-27-15-26(38(17-27)35(47)53-19-23-5-9-25(10-6-23)41(50)51)16-36-11-13-37(14-12-36)34(46)52-18-22-3-7-24(8-4-22)40(48)49/h3-10,20-21,26-29,42H,11-19H2,1-2H3,(H,44,45)/t20-,21-,26+,27+,28-,29-/m1/s1. The highest BCUT2D eigenvalue weighted by Crippen LogP contribution is 2.52. The van der Waals surface area contributed by atoms with E-state index in [0.29, 0.717) is 55.2 Å². The Morgan fingerprint density at radius 3 is 1.94 bits per heavy atom. The first-order valence-corrected chi connectivity index (χ1v) is 18.3. The molecular formula is C35H40N6O12S. The Labute approximate surface area is 313 Å². The summed E-state index contributed by atoms with van der Waals surface area (Å²) in [6, 6.07) is 10.6. The number of piperazine rings is 1. The van der Waals surface area contributed by atoms with Crippen molar-refractivity contribution in [2.45, 2.75) is 56.9 Å². The number of aliphatic hydroxyl groups is 1. The molecule has 0 bridgehead atoms. The van der Waals surface area contributed by atoms with E-state index in [1.807, 2.05) is 6.92 Å². The van der Waals surface area contributed by atoms with Crippen molar-refractivity contribution in [1.29, 1.82) is 0 Å². The lowest BCUT2D eigenvalue weighted by molar-refractivity contribution is -0.385. The normalized spacial score (nSPS) is 24.5. The summed E-state index contributed by atoms with van der Waals surface area (Å²) < 4.78 is 11.1. The highest BCUT2D eigenvalue weighted by Gasteiger charge is 2.60. The van der Waals surface area contributed by atoms with Crippen LogP contribution in [0.25, 0.3) is 0 Å². The molecule has 3 saturated heterocycles. The molecule has 0 aliphatic carbocycles. The zero-order chi connectivity index (χ0) is 38.8. The first-order valence-electron chi connectivity index (χ1n) is 17.4. The van der Waals surface area contributed by atoms with Crippen molar-refractivity contribution in [3.63, 3.8) is 0 Å². The minimum absolute atomic E-state index is 0.0416. The fraction of sp³-hybridized carbons (Fsp3) is 0.486. The van der Waals surface area contributed by atoms with Gasteiger partial charge in [-0.25, -0.2) is 14.4 Å². The summed E-state index contributed by atoms with van der Waals surface area (Å²) in [6.45, 7) is 5.55. The second kappa shape index (κ2) is 16.0. The molecule has 288 valence electrons. The van der Waals surface area contributed by atoms with Crippen LogP contribution < -0.4 is 0 Å². The number of carboxylic acids is 1. The quantitative estimate of drug-likeness (QED) is 0.179. The summed E-state index contributed by atoms with van der Waals surface area (Å²) in [4.78, 5) is 79.7. The fourth-order valence-electron chi connectivity index (χ4n) is 7.52. The molecule has 4 aliphatic heterocycles. The molecule has 54 heavy (non-hydrogen) atoms. The fourth-order valence-corrected chi connectivity index (χ4v) is 9.08. The number of carbonyl (C=O) groups is 4. The molecule has 4 aliphatic rings. The molecule has 0 saturated carbocycles. The van der Waals surface area contributed by atoms with Gasteiger partial charge in [0.2, 0.25) is 5.91 Å². The number of benzene rings is 2. The van der Waals surface area contributed by atoms with E-state index in [2.05, 4.69) is 4.90 Å². The number of hydrogen-bond donors (Lipinski definition) is 2. The molecule has 0 unspecified atom stereocenters. The summed E-state index contributed by atoms with van der Waals surface area (Å²) in [7, 11) is 0. The van der Waals surface area contributed by atoms with E-state index in [1.165, 1.54) is 72.1 Å². The van der Waals surface area contributed by atoms with Crippen molar-refractivity contribution < 1.29 is 48.7 Å². The average molecular weight is 769 g/mol. The number of nitro benzene ring substituents is 2. The van der Waals surface area contributed by atoms with Crippen LogP contribution in [-0.2, 0) is 32.3 Å². The highest BCUT2D eigenvalue weighted by molar-refractivity contribution is 8.03. The Kier molecular flexibility index (Phi) is 11.4. The van der Waals surface area contributed by atoms with Crippen molar-refractivity contribution in [2.75, 3.05) is 39.3 Å². The van der Waals surface area contributed by atoms with Gasteiger partial charge in [0.15, 0.2) is 0 Å². The predicted octanol–water partition coefficient (Wildman–Crippen LogP) is 3.42. The Bertz CT molecular complexity index is 1830. The number of carbonyl (C=O) groups excluding carboxylic acids is 3. The van der Waals surface area contributed by atoms with Crippen molar-refractivity contribution in [2.24, 2.45) is 11.8 Å². The number of likely N-dealkylation sites (tertiary alicyclic amines) is 1. The Morgan fingerprint density at radius 2 is 1.44 bits per heavy atom. The molecule has 18 nitrogen and oxygen atoms in total. The van der Waals surface area contributed by atoms with Gasteiger partial charge in [0.05, 0.1) is 27.9 Å². The number of ether oxygens (including phenoxy) is 2. The van der Waals surface area contributed by atoms with Crippen LogP contribution in [0.2, 0.25) is 0 Å². The summed E-state index contributed by atoms with van der Waals surface area (Å²) in [5.41, 5.74) is 0.924. The number of β-lactam (4-membered cyclic amide) rings is 1. The smallest absolute Gasteiger partial charge is 0.410 e.